The van der Waals surface area contributed by atoms with E-state index in [-0.39, 0.29) is 5.56 Å². The Morgan fingerprint density at radius 1 is 1.33 bits per heavy atom. The number of nitrogens with zero attached hydrogens (tertiary/aromatic N) is 2. The Morgan fingerprint density at radius 3 is 2.67 bits per heavy atom. The van der Waals surface area contributed by atoms with Crippen LogP contribution in [0.1, 0.15) is 43.0 Å². The number of anilines is 1. The molecule has 1 N–H and O–H groups in total. The van der Waals surface area contributed by atoms with Crippen LogP contribution >= 0.6 is 11.3 Å². The lowest BCUT2D eigenvalue weighted by Crippen LogP contribution is -2.27. The van der Waals surface area contributed by atoms with E-state index in [9.17, 15) is 4.79 Å². The monoisotopic (exact) mass is 303 g/mol. The van der Waals surface area contributed by atoms with Crippen LogP contribution in [0.5, 0.6) is 0 Å². The van der Waals surface area contributed by atoms with E-state index in [4.69, 9.17) is 0 Å². The summed E-state index contributed by atoms with van der Waals surface area (Å²) in [6.45, 7) is 4.04. The second-order valence-electron chi connectivity index (χ2n) is 5.75. The van der Waals surface area contributed by atoms with Crippen molar-refractivity contribution in [2.45, 2.75) is 45.6 Å². The fourth-order valence-corrected chi connectivity index (χ4v) is 4.00. The van der Waals surface area contributed by atoms with Gasteiger partial charge in [0, 0.05) is 24.2 Å². The Bertz CT molecular complexity index is 711. The largest absolute Gasteiger partial charge is 0.365 e. The molecule has 0 bridgehead atoms. The number of pyridine rings is 1. The van der Waals surface area contributed by atoms with E-state index >= 15 is 0 Å². The number of hydrogen-bond acceptors (Lipinski definition) is 4. The molecule has 2 heterocycles. The van der Waals surface area contributed by atoms with E-state index < -0.39 is 0 Å². The van der Waals surface area contributed by atoms with Crippen molar-refractivity contribution < 1.29 is 0 Å². The van der Waals surface area contributed by atoms with Crippen molar-refractivity contribution in [3.05, 3.63) is 33.1 Å². The smallest absolute Gasteiger partial charge is 0.260 e. The summed E-state index contributed by atoms with van der Waals surface area (Å²) in [5.41, 5.74) is 3.74. The van der Waals surface area contributed by atoms with Gasteiger partial charge >= 0.3 is 0 Å². The first-order valence-corrected chi connectivity index (χ1v) is 8.36. The Balaban J connectivity index is 2.16. The van der Waals surface area contributed by atoms with E-state index in [1.807, 2.05) is 30.8 Å². The van der Waals surface area contributed by atoms with Gasteiger partial charge in [0.2, 0.25) is 0 Å². The maximum absolute atomic E-state index is 13.0. The van der Waals surface area contributed by atoms with Crippen LogP contribution in [-0.2, 0) is 0 Å². The van der Waals surface area contributed by atoms with Crippen molar-refractivity contribution >= 4 is 16.5 Å². The van der Waals surface area contributed by atoms with Gasteiger partial charge in [-0.25, -0.2) is 4.98 Å². The lowest BCUT2D eigenvalue weighted by Gasteiger charge is -2.19. The first-order valence-electron chi connectivity index (χ1n) is 7.48. The first-order chi connectivity index (χ1) is 10.1. The fraction of sp³-hybridized carbons (Fsp3) is 0.500. The second-order valence-corrected chi connectivity index (χ2v) is 6.60. The number of aryl methyl sites for hydroxylation is 2. The summed E-state index contributed by atoms with van der Waals surface area (Å²) in [7, 11) is 1.85. The zero-order chi connectivity index (χ0) is 15.0. The molecule has 0 unspecified atom stereocenters. The highest BCUT2D eigenvalue weighted by Crippen LogP contribution is 2.31. The molecule has 2 aromatic rings. The number of aromatic nitrogens is 2. The minimum atomic E-state index is 0.118. The van der Waals surface area contributed by atoms with Gasteiger partial charge < -0.3 is 9.88 Å². The molecule has 1 aliphatic carbocycles. The summed E-state index contributed by atoms with van der Waals surface area (Å²) >= 11 is 1.53. The molecule has 2 aromatic heterocycles. The molecule has 5 heteroatoms. The zero-order valence-corrected chi connectivity index (χ0v) is 13.6. The lowest BCUT2D eigenvalue weighted by atomic mass is 10.1. The first kappa shape index (κ1) is 14.3. The second kappa shape index (κ2) is 5.64. The summed E-state index contributed by atoms with van der Waals surface area (Å²) in [5.74, 6) is 0. The van der Waals surface area contributed by atoms with Gasteiger partial charge in [0.25, 0.3) is 5.56 Å². The van der Waals surface area contributed by atoms with Crippen LogP contribution in [0.15, 0.2) is 16.2 Å². The molecule has 0 atom stereocenters. The molecule has 0 spiro atoms. The predicted octanol–water partition coefficient (Wildman–Crippen LogP) is 3.75. The van der Waals surface area contributed by atoms with Gasteiger partial charge in [-0.3, -0.25) is 4.79 Å². The van der Waals surface area contributed by atoms with Gasteiger partial charge in [0.1, 0.15) is 0 Å². The van der Waals surface area contributed by atoms with Gasteiger partial charge in [0.05, 0.1) is 11.3 Å². The zero-order valence-electron chi connectivity index (χ0n) is 12.8. The molecular formula is C16H21N3OS. The van der Waals surface area contributed by atoms with E-state index in [1.165, 1.54) is 24.2 Å². The van der Waals surface area contributed by atoms with Gasteiger partial charge in [0.15, 0.2) is 5.13 Å². The normalized spacial score (nSPS) is 15.6. The van der Waals surface area contributed by atoms with Crippen LogP contribution in [-0.4, -0.2) is 16.6 Å². The van der Waals surface area contributed by atoms with Gasteiger partial charge in [-0.05, 0) is 38.3 Å². The molecule has 0 amide bonds. The summed E-state index contributed by atoms with van der Waals surface area (Å²) in [5, 5.41) is 5.84. The topological polar surface area (TPSA) is 46.9 Å². The van der Waals surface area contributed by atoms with Crippen molar-refractivity contribution in [2.24, 2.45) is 0 Å². The standard InChI is InChI=1S/C16H21N3OS/c1-10-8-11(2)19(12-6-4-5-7-12)15(20)14(10)13-9-21-16(17-3)18-13/h8-9,12H,4-7H2,1-3H3,(H,17,18). The maximum Gasteiger partial charge on any atom is 0.260 e. The summed E-state index contributed by atoms with van der Waals surface area (Å²) in [6.07, 6.45) is 4.67. The SMILES string of the molecule is CNc1nc(-c2c(C)cc(C)n(C3CCCC3)c2=O)cs1. The van der Waals surface area contributed by atoms with Crippen LogP contribution in [0.4, 0.5) is 5.13 Å². The van der Waals surface area contributed by atoms with Crippen molar-refractivity contribution in [3.8, 4) is 11.3 Å². The quantitative estimate of drug-likeness (QED) is 0.939. The average Bonchev–Trinajstić information content (AvgIpc) is 3.09. The van der Waals surface area contributed by atoms with Gasteiger partial charge in [-0.15, -0.1) is 11.3 Å². The Labute approximate surface area is 128 Å². The molecule has 1 fully saturated rings. The van der Waals surface area contributed by atoms with Crippen LogP contribution in [0.3, 0.4) is 0 Å². The van der Waals surface area contributed by atoms with E-state index in [0.717, 1.165) is 40.5 Å². The number of rotatable bonds is 3. The van der Waals surface area contributed by atoms with Crippen LogP contribution < -0.4 is 10.9 Å². The molecule has 1 aliphatic rings. The molecule has 4 nitrogen and oxygen atoms in total. The molecule has 0 radical (unpaired) electrons. The predicted molar refractivity (Wildman–Crippen MR) is 88.3 cm³/mol. The van der Waals surface area contributed by atoms with Crippen molar-refractivity contribution in [3.63, 3.8) is 0 Å². The minimum absolute atomic E-state index is 0.118. The minimum Gasteiger partial charge on any atom is -0.365 e. The third-order valence-corrected chi connectivity index (χ3v) is 5.16. The summed E-state index contributed by atoms with van der Waals surface area (Å²) in [4.78, 5) is 17.5. The van der Waals surface area contributed by atoms with Gasteiger partial charge in [-0.2, -0.15) is 0 Å². The number of nitrogens with one attached hydrogen (secondary N) is 1. The van der Waals surface area contributed by atoms with Crippen molar-refractivity contribution in [1.82, 2.24) is 9.55 Å². The molecular weight excluding hydrogens is 282 g/mol. The van der Waals surface area contributed by atoms with Crippen LogP contribution in [0.25, 0.3) is 11.3 Å². The average molecular weight is 303 g/mol. The van der Waals surface area contributed by atoms with E-state index in [0.29, 0.717) is 6.04 Å². The fourth-order valence-electron chi connectivity index (χ4n) is 3.34. The lowest BCUT2D eigenvalue weighted by molar-refractivity contribution is 0.491. The van der Waals surface area contributed by atoms with Crippen molar-refractivity contribution in [2.75, 3.05) is 12.4 Å². The third-order valence-electron chi connectivity index (χ3n) is 4.30. The molecule has 1 saturated carbocycles. The van der Waals surface area contributed by atoms with Gasteiger partial charge in [-0.1, -0.05) is 12.8 Å². The maximum atomic E-state index is 13.0. The molecule has 0 aromatic carbocycles. The Morgan fingerprint density at radius 2 is 2.05 bits per heavy atom. The molecule has 3 rings (SSSR count). The molecule has 0 aliphatic heterocycles. The number of hydrogen-bond donors (Lipinski definition) is 1. The van der Waals surface area contributed by atoms with Crippen molar-refractivity contribution in [1.29, 1.82) is 0 Å². The highest BCUT2D eigenvalue weighted by atomic mass is 32.1. The number of thiazole rings is 1. The highest BCUT2D eigenvalue weighted by Gasteiger charge is 2.22. The van der Waals surface area contributed by atoms with E-state index in [1.54, 1.807) is 0 Å². The Hall–Kier alpha value is -1.62. The summed E-state index contributed by atoms with van der Waals surface area (Å²) < 4.78 is 1.99. The van der Waals surface area contributed by atoms with Crippen LogP contribution in [0.2, 0.25) is 0 Å². The Kier molecular flexibility index (Phi) is 3.85. The summed E-state index contributed by atoms with van der Waals surface area (Å²) in [6, 6.07) is 2.48. The third kappa shape index (κ3) is 2.50. The van der Waals surface area contributed by atoms with E-state index in [2.05, 4.69) is 16.4 Å². The molecule has 112 valence electrons. The van der Waals surface area contributed by atoms with Crippen LogP contribution in [0, 0.1) is 13.8 Å². The molecule has 21 heavy (non-hydrogen) atoms. The molecule has 0 saturated heterocycles. The highest BCUT2D eigenvalue weighted by molar-refractivity contribution is 7.14.